The summed E-state index contributed by atoms with van der Waals surface area (Å²) >= 11 is 1.23. The predicted octanol–water partition coefficient (Wildman–Crippen LogP) is 3.46. The molecule has 1 fully saturated rings. The van der Waals surface area contributed by atoms with Crippen molar-refractivity contribution in [2.45, 2.75) is 29.9 Å². The fourth-order valence-electron chi connectivity index (χ4n) is 2.85. The third kappa shape index (κ3) is 3.51. The molecule has 0 aliphatic carbocycles. The van der Waals surface area contributed by atoms with E-state index in [-0.39, 0.29) is 18.2 Å². The maximum atomic E-state index is 12.8. The Bertz CT molecular complexity index is 847. The summed E-state index contributed by atoms with van der Waals surface area (Å²) in [5.74, 6) is -0.951. The molecule has 2 aromatic rings. The number of thioether (sulfide) groups is 1. The zero-order chi connectivity index (χ0) is 18.7. The number of nitrogens with zero attached hydrogens (tertiary/aromatic N) is 1. The van der Waals surface area contributed by atoms with Crippen molar-refractivity contribution < 1.29 is 19.1 Å². The third-order valence-electron chi connectivity index (χ3n) is 4.27. The molecule has 2 aromatic carbocycles. The molecule has 134 valence electrons. The summed E-state index contributed by atoms with van der Waals surface area (Å²) in [6.07, 6.45) is 1.000. The first kappa shape index (κ1) is 18.2. The maximum Gasteiger partial charge on any atom is 0.338 e. The second-order valence-electron chi connectivity index (χ2n) is 5.89. The third-order valence-corrected chi connectivity index (χ3v) is 5.53. The molecule has 0 unspecified atom stereocenters. The Balaban J connectivity index is 1.82. The molecule has 0 N–H and O–H groups in total. The highest BCUT2D eigenvalue weighted by molar-refractivity contribution is 8.00. The summed E-state index contributed by atoms with van der Waals surface area (Å²) in [6, 6.07) is 14.4. The van der Waals surface area contributed by atoms with Gasteiger partial charge in [-0.25, -0.2) is 9.69 Å². The van der Waals surface area contributed by atoms with Crippen LogP contribution >= 0.6 is 11.8 Å². The van der Waals surface area contributed by atoms with Crippen molar-refractivity contribution in [1.82, 2.24) is 0 Å². The fraction of sp³-hybridized carbons (Fsp3) is 0.250. The van der Waals surface area contributed by atoms with Crippen LogP contribution in [0, 0.1) is 0 Å². The van der Waals surface area contributed by atoms with E-state index in [1.54, 1.807) is 36.4 Å². The highest BCUT2D eigenvalue weighted by Crippen LogP contribution is 2.35. The molecule has 1 aliphatic rings. The lowest BCUT2D eigenvalue weighted by Gasteiger charge is -2.16. The van der Waals surface area contributed by atoms with Crippen LogP contribution in [0.15, 0.2) is 53.4 Å². The first-order valence-corrected chi connectivity index (χ1v) is 9.22. The van der Waals surface area contributed by atoms with Crippen molar-refractivity contribution in [2.75, 3.05) is 12.0 Å². The lowest BCUT2D eigenvalue weighted by molar-refractivity contribution is -0.121. The molecule has 0 aromatic heterocycles. The number of rotatable bonds is 5. The highest BCUT2D eigenvalue weighted by Gasteiger charge is 2.40. The molecule has 0 bridgehead atoms. The number of methoxy groups -OCH3 is 1. The van der Waals surface area contributed by atoms with E-state index >= 15 is 0 Å². The number of aryl methyl sites for hydroxylation is 1. The quantitative estimate of drug-likeness (QED) is 0.597. The molecule has 5 nitrogen and oxygen atoms in total. The monoisotopic (exact) mass is 369 g/mol. The maximum absolute atomic E-state index is 12.8. The van der Waals surface area contributed by atoms with Crippen LogP contribution in [-0.2, 0) is 20.7 Å². The van der Waals surface area contributed by atoms with Gasteiger partial charge in [0, 0.05) is 11.3 Å². The zero-order valence-electron chi connectivity index (χ0n) is 14.6. The topological polar surface area (TPSA) is 63.7 Å². The van der Waals surface area contributed by atoms with Gasteiger partial charge in [-0.1, -0.05) is 31.2 Å². The van der Waals surface area contributed by atoms with E-state index in [0.29, 0.717) is 16.1 Å². The number of imide groups is 1. The summed E-state index contributed by atoms with van der Waals surface area (Å²) in [7, 11) is 1.32. The van der Waals surface area contributed by atoms with Gasteiger partial charge in [-0.15, -0.1) is 11.8 Å². The van der Waals surface area contributed by atoms with E-state index < -0.39 is 11.2 Å². The lowest BCUT2D eigenvalue weighted by atomic mass is 10.1. The molecule has 2 amide bonds. The van der Waals surface area contributed by atoms with Gasteiger partial charge >= 0.3 is 5.97 Å². The predicted molar refractivity (Wildman–Crippen MR) is 100 cm³/mol. The number of hydrogen-bond acceptors (Lipinski definition) is 5. The van der Waals surface area contributed by atoms with E-state index in [2.05, 4.69) is 0 Å². The molecule has 0 saturated carbocycles. The van der Waals surface area contributed by atoms with Crippen molar-refractivity contribution in [1.29, 1.82) is 0 Å². The van der Waals surface area contributed by atoms with E-state index in [1.165, 1.54) is 23.8 Å². The van der Waals surface area contributed by atoms with Gasteiger partial charge in [0.25, 0.3) is 0 Å². The lowest BCUT2D eigenvalue weighted by Crippen LogP contribution is -2.31. The van der Waals surface area contributed by atoms with Crippen molar-refractivity contribution >= 4 is 35.2 Å². The molecule has 1 aliphatic heterocycles. The number of esters is 1. The minimum absolute atomic E-state index is 0.106. The van der Waals surface area contributed by atoms with Crippen LogP contribution in [0.1, 0.15) is 29.3 Å². The number of ether oxygens (including phenoxy) is 1. The van der Waals surface area contributed by atoms with Gasteiger partial charge in [0.15, 0.2) is 0 Å². The normalized spacial score (nSPS) is 16.8. The molecule has 0 spiro atoms. The molecule has 1 heterocycles. The van der Waals surface area contributed by atoms with Crippen molar-refractivity contribution in [3.05, 3.63) is 59.7 Å². The Morgan fingerprint density at radius 3 is 2.50 bits per heavy atom. The van der Waals surface area contributed by atoms with Crippen molar-refractivity contribution in [2.24, 2.45) is 0 Å². The number of carbonyl (C=O) groups excluding carboxylic acids is 3. The minimum atomic E-state index is -0.556. The summed E-state index contributed by atoms with van der Waals surface area (Å²) < 4.78 is 4.79. The van der Waals surface area contributed by atoms with E-state index in [9.17, 15) is 14.4 Å². The average molecular weight is 369 g/mol. The minimum Gasteiger partial charge on any atom is -0.465 e. The molecule has 26 heavy (non-hydrogen) atoms. The number of benzene rings is 2. The van der Waals surface area contributed by atoms with Crippen LogP contribution in [-0.4, -0.2) is 30.1 Å². The zero-order valence-corrected chi connectivity index (χ0v) is 15.4. The summed E-state index contributed by atoms with van der Waals surface area (Å²) in [4.78, 5) is 39.0. The number of hydrogen-bond donors (Lipinski definition) is 0. The molecular formula is C20H19NO4S. The molecule has 1 atom stereocenters. The standard InChI is InChI=1S/C20H19NO4S/c1-3-13-8-10-14(11-9-13)21-18(22)12-17(19(21)23)26-16-7-5-4-6-15(16)20(24)25-2/h4-11,17H,3,12H2,1-2H3/t17-/m1/s1. The van der Waals surface area contributed by atoms with Gasteiger partial charge in [-0.05, 0) is 36.2 Å². The molecule has 6 heteroatoms. The van der Waals surface area contributed by atoms with Gasteiger partial charge in [0.1, 0.15) is 0 Å². The summed E-state index contributed by atoms with van der Waals surface area (Å²) in [5.41, 5.74) is 2.12. The molecule has 0 radical (unpaired) electrons. The van der Waals surface area contributed by atoms with Gasteiger partial charge in [-0.2, -0.15) is 0 Å². The number of anilines is 1. The van der Waals surface area contributed by atoms with Crippen LogP contribution in [0.5, 0.6) is 0 Å². The Hall–Kier alpha value is -2.60. The van der Waals surface area contributed by atoms with Crippen molar-refractivity contribution in [3.8, 4) is 0 Å². The van der Waals surface area contributed by atoms with Gasteiger partial charge in [0.2, 0.25) is 11.8 Å². The van der Waals surface area contributed by atoms with Crippen LogP contribution in [0.4, 0.5) is 5.69 Å². The van der Waals surface area contributed by atoms with E-state index in [0.717, 1.165) is 12.0 Å². The second kappa shape index (κ2) is 7.74. The highest BCUT2D eigenvalue weighted by atomic mass is 32.2. The molecular weight excluding hydrogens is 350 g/mol. The first-order chi connectivity index (χ1) is 12.5. The Morgan fingerprint density at radius 1 is 1.15 bits per heavy atom. The largest absolute Gasteiger partial charge is 0.465 e. The summed E-state index contributed by atoms with van der Waals surface area (Å²) in [5, 5.41) is -0.556. The van der Waals surface area contributed by atoms with Crippen LogP contribution in [0.3, 0.4) is 0 Å². The molecule has 1 saturated heterocycles. The first-order valence-electron chi connectivity index (χ1n) is 8.35. The summed E-state index contributed by atoms with van der Waals surface area (Å²) in [6.45, 7) is 2.05. The van der Waals surface area contributed by atoms with Crippen molar-refractivity contribution in [3.63, 3.8) is 0 Å². The van der Waals surface area contributed by atoms with Gasteiger partial charge in [0.05, 0.1) is 23.6 Å². The Kier molecular flexibility index (Phi) is 5.42. The second-order valence-corrected chi connectivity index (χ2v) is 7.13. The molecule has 3 rings (SSSR count). The van der Waals surface area contributed by atoms with Gasteiger partial charge < -0.3 is 4.74 Å². The van der Waals surface area contributed by atoms with Crippen LogP contribution in [0.25, 0.3) is 0 Å². The number of carbonyl (C=O) groups is 3. The van der Waals surface area contributed by atoms with E-state index in [4.69, 9.17) is 4.74 Å². The number of amides is 2. The smallest absolute Gasteiger partial charge is 0.338 e. The van der Waals surface area contributed by atoms with Crippen LogP contribution < -0.4 is 4.90 Å². The SMILES string of the molecule is CCc1ccc(N2C(=O)C[C@@H](Sc3ccccc3C(=O)OC)C2=O)cc1. The van der Waals surface area contributed by atoms with E-state index in [1.807, 2.05) is 19.1 Å². The average Bonchev–Trinajstić information content (AvgIpc) is 2.95. The Labute approximate surface area is 156 Å². The van der Waals surface area contributed by atoms with Gasteiger partial charge in [-0.3, -0.25) is 9.59 Å². The Morgan fingerprint density at radius 2 is 1.85 bits per heavy atom. The van der Waals surface area contributed by atoms with Crippen LogP contribution in [0.2, 0.25) is 0 Å². The fourth-order valence-corrected chi connectivity index (χ4v) is 4.02.